The number of rotatable bonds is 7. The van der Waals surface area contributed by atoms with E-state index in [-0.39, 0.29) is 11.7 Å². The van der Waals surface area contributed by atoms with E-state index in [1.54, 1.807) is 36.5 Å². The molecule has 0 aliphatic rings. The fourth-order valence-corrected chi connectivity index (χ4v) is 3.98. The summed E-state index contributed by atoms with van der Waals surface area (Å²) in [5.74, 6) is -0.238. The van der Waals surface area contributed by atoms with Gasteiger partial charge >= 0.3 is 0 Å². The summed E-state index contributed by atoms with van der Waals surface area (Å²) in [5, 5.41) is 2.84. The molecule has 0 spiro atoms. The molecule has 0 aliphatic heterocycles. The number of amides is 1. The summed E-state index contributed by atoms with van der Waals surface area (Å²) in [6, 6.07) is 10.4. The molecule has 124 valence electrons. The van der Waals surface area contributed by atoms with Crippen LogP contribution in [0.25, 0.3) is 0 Å². The van der Waals surface area contributed by atoms with Crippen molar-refractivity contribution in [2.75, 3.05) is 17.0 Å². The van der Waals surface area contributed by atoms with Gasteiger partial charge in [0.05, 0.1) is 9.54 Å². The molecule has 23 heavy (non-hydrogen) atoms. The third-order valence-corrected chi connectivity index (χ3v) is 6.05. The van der Waals surface area contributed by atoms with Crippen LogP contribution in [0.15, 0.2) is 40.2 Å². The van der Waals surface area contributed by atoms with Gasteiger partial charge in [0.15, 0.2) is 0 Å². The number of nitrogens with one attached hydrogen (secondary N) is 2. The number of thiophene rings is 1. The van der Waals surface area contributed by atoms with Crippen LogP contribution >= 0.6 is 27.3 Å². The van der Waals surface area contributed by atoms with E-state index in [2.05, 4.69) is 26.0 Å². The molecule has 0 fully saturated rings. The third kappa shape index (κ3) is 5.63. The van der Waals surface area contributed by atoms with Crippen molar-refractivity contribution in [3.05, 3.63) is 50.6 Å². The smallest absolute Gasteiger partial charge is 0.251 e. The Labute approximate surface area is 148 Å². The highest BCUT2D eigenvalue weighted by molar-refractivity contribution is 9.11. The molecule has 0 radical (unpaired) electrons. The van der Waals surface area contributed by atoms with E-state index in [9.17, 15) is 13.2 Å². The van der Waals surface area contributed by atoms with Crippen LogP contribution < -0.4 is 10.0 Å². The number of sulfonamides is 1. The van der Waals surface area contributed by atoms with Crippen LogP contribution in [0.1, 0.15) is 22.2 Å². The Morgan fingerprint density at radius 3 is 2.70 bits per heavy atom. The van der Waals surface area contributed by atoms with Gasteiger partial charge in [-0.25, -0.2) is 8.42 Å². The van der Waals surface area contributed by atoms with Crippen LogP contribution in [0.5, 0.6) is 0 Å². The maximum Gasteiger partial charge on any atom is 0.251 e. The van der Waals surface area contributed by atoms with E-state index in [1.807, 2.05) is 12.1 Å². The lowest BCUT2D eigenvalue weighted by Gasteiger charge is -2.08. The highest BCUT2D eigenvalue weighted by Crippen LogP contribution is 2.22. The number of anilines is 1. The number of hydrogen-bond donors (Lipinski definition) is 2. The van der Waals surface area contributed by atoms with Crippen LogP contribution in [0.4, 0.5) is 5.69 Å². The van der Waals surface area contributed by atoms with Gasteiger partial charge in [-0.1, -0.05) is 6.07 Å². The third-order valence-electron chi connectivity index (χ3n) is 3.06. The summed E-state index contributed by atoms with van der Waals surface area (Å²) in [6.07, 6.45) is 0.754. The molecule has 0 unspecified atom stereocenters. The highest BCUT2D eigenvalue weighted by atomic mass is 79.9. The van der Waals surface area contributed by atoms with Gasteiger partial charge in [-0.15, -0.1) is 11.3 Å². The van der Waals surface area contributed by atoms with E-state index < -0.39 is 10.0 Å². The molecule has 2 aromatic rings. The molecule has 2 rings (SSSR count). The van der Waals surface area contributed by atoms with Crippen LogP contribution in [-0.2, 0) is 16.4 Å². The van der Waals surface area contributed by atoms with Crippen molar-refractivity contribution in [3.8, 4) is 0 Å². The van der Waals surface area contributed by atoms with E-state index in [0.29, 0.717) is 17.8 Å². The van der Waals surface area contributed by atoms with Crippen LogP contribution in [0.3, 0.4) is 0 Å². The van der Waals surface area contributed by atoms with Crippen molar-refractivity contribution in [1.29, 1.82) is 0 Å². The zero-order chi connectivity index (χ0) is 16.9. The summed E-state index contributed by atoms with van der Waals surface area (Å²) in [4.78, 5) is 13.3. The van der Waals surface area contributed by atoms with Crippen LogP contribution in [0, 0.1) is 0 Å². The maximum atomic E-state index is 12.1. The van der Waals surface area contributed by atoms with Gasteiger partial charge in [0.1, 0.15) is 0 Å². The molecular weight excluding hydrogens is 400 g/mol. The second-order valence-electron chi connectivity index (χ2n) is 4.80. The largest absolute Gasteiger partial charge is 0.352 e. The highest BCUT2D eigenvalue weighted by Gasteiger charge is 2.10. The SMILES string of the molecule is CCS(=O)(=O)Nc1cccc(C(=O)NCCc2ccc(Br)s2)c1. The van der Waals surface area contributed by atoms with Gasteiger partial charge in [-0.2, -0.15) is 0 Å². The van der Waals surface area contributed by atoms with Crippen molar-refractivity contribution in [2.45, 2.75) is 13.3 Å². The molecule has 0 saturated carbocycles. The van der Waals surface area contributed by atoms with E-state index in [1.165, 1.54) is 10.9 Å². The minimum Gasteiger partial charge on any atom is -0.352 e. The average Bonchev–Trinajstić information content (AvgIpc) is 2.92. The first-order chi connectivity index (χ1) is 10.9. The molecule has 0 atom stereocenters. The fourth-order valence-electron chi connectivity index (χ4n) is 1.86. The quantitative estimate of drug-likeness (QED) is 0.726. The Morgan fingerprint density at radius 2 is 2.04 bits per heavy atom. The minimum absolute atomic E-state index is 0.0141. The van der Waals surface area contributed by atoms with Gasteiger partial charge in [0.2, 0.25) is 10.0 Å². The van der Waals surface area contributed by atoms with Gasteiger partial charge in [-0.3, -0.25) is 9.52 Å². The van der Waals surface area contributed by atoms with E-state index >= 15 is 0 Å². The molecule has 0 bridgehead atoms. The van der Waals surface area contributed by atoms with Crippen LogP contribution in [0.2, 0.25) is 0 Å². The Kier molecular flexibility index (Phi) is 6.20. The second-order valence-corrected chi connectivity index (χ2v) is 9.36. The first-order valence-electron chi connectivity index (χ1n) is 7.02. The van der Waals surface area contributed by atoms with Gasteiger partial charge in [0, 0.05) is 22.7 Å². The Morgan fingerprint density at radius 1 is 1.26 bits per heavy atom. The predicted octanol–water partition coefficient (Wildman–Crippen LogP) is 3.24. The van der Waals surface area contributed by atoms with Crippen molar-refractivity contribution >= 4 is 48.9 Å². The summed E-state index contributed by atoms with van der Waals surface area (Å²) in [6.45, 7) is 2.08. The summed E-state index contributed by atoms with van der Waals surface area (Å²) >= 11 is 5.04. The predicted molar refractivity (Wildman–Crippen MR) is 97.6 cm³/mol. The summed E-state index contributed by atoms with van der Waals surface area (Å²) in [7, 11) is -3.35. The lowest BCUT2D eigenvalue weighted by atomic mass is 10.2. The number of carbonyl (C=O) groups is 1. The van der Waals surface area contributed by atoms with Crippen molar-refractivity contribution in [1.82, 2.24) is 5.32 Å². The van der Waals surface area contributed by atoms with Crippen molar-refractivity contribution < 1.29 is 13.2 Å². The molecule has 2 N–H and O–H groups in total. The van der Waals surface area contributed by atoms with Gasteiger partial charge < -0.3 is 5.32 Å². The fraction of sp³-hybridized carbons (Fsp3) is 0.267. The average molecular weight is 417 g/mol. The topological polar surface area (TPSA) is 75.3 Å². The molecule has 8 heteroatoms. The minimum atomic E-state index is -3.35. The normalized spacial score (nSPS) is 11.2. The maximum absolute atomic E-state index is 12.1. The summed E-state index contributed by atoms with van der Waals surface area (Å²) < 4.78 is 26.6. The molecule has 1 amide bonds. The molecule has 0 saturated heterocycles. The van der Waals surface area contributed by atoms with Gasteiger partial charge in [-0.05, 0) is 59.6 Å². The first-order valence-corrected chi connectivity index (χ1v) is 10.3. The Balaban J connectivity index is 1.94. The monoisotopic (exact) mass is 416 g/mol. The zero-order valence-electron chi connectivity index (χ0n) is 12.5. The lowest BCUT2D eigenvalue weighted by molar-refractivity contribution is 0.0954. The molecule has 1 aromatic carbocycles. The van der Waals surface area contributed by atoms with Crippen molar-refractivity contribution in [3.63, 3.8) is 0 Å². The summed E-state index contributed by atoms with van der Waals surface area (Å²) in [5.41, 5.74) is 0.815. The van der Waals surface area contributed by atoms with E-state index in [4.69, 9.17) is 0 Å². The Bertz CT molecular complexity index is 788. The molecule has 1 aromatic heterocycles. The standard InChI is InChI=1S/C15H17BrN2O3S2/c1-2-23(20,21)18-12-5-3-4-11(10-12)15(19)17-9-8-13-6-7-14(16)22-13/h3-7,10,18H,2,8-9H2,1H3,(H,17,19). The Hall–Kier alpha value is -1.38. The zero-order valence-corrected chi connectivity index (χ0v) is 15.7. The first kappa shape index (κ1) is 18.0. The van der Waals surface area contributed by atoms with Gasteiger partial charge in [0.25, 0.3) is 5.91 Å². The number of benzene rings is 1. The number of halogens is 1. The van der Waals surface area contributed by atoms with E-state index in [0.717, 1.165) is 10.2 Å². The van der Waals surface area contributed by atoms with Crippen LogP contribution in [-0.4, -0.2) is 26.6 Å². The molecule has 1 heterocycles. The molecular formula is C15H17BrN2O3S2. The lowest BCUT2D eigenvalue weighted by Crippen LogP contribution is -2.25. The second kappa shape index (κ2) is 7.94. The molecule has 0 aliphatic carbocycles. The van der Waals surface area contributed by atoms with Crippen molar-refractivity contribution in [2.24, 2.45) is 0 Å². The number of carbonyl (C=O) groups excluding carboxylic acids is 1. The number of hydrogen-bond acceptors (Lipinski definition) is 4. The molecule has 5 nitrogen and oxygen atoms in total.